The summed E-state index contributed by atoms with van der Waals surface area (Å²) in [5, 5.41) is 8.80. The van der Waals surface area contributed by atoms with Gasteiger partial charge < -0.3 is 5.11 Å². The molecule has 0 saturated heterocycles. The van der Waals surface area contributed by atoms with E-state index in [2.05, 4.69) is 0 Å². The van der Waals surface area contributed by atoms with Gasteiger partial charge in [-0.05, 0) is 12.4 Å². The Hall–Kier alpha value is -1.31. The lowest BCUT2D eigenvalue weighted by molar-refractivity contribution is -0.138. The van der Waals surface area contributed by atoms with Crippen LogP contribution in [-0.2, 0) is 4.79 Å². The first-order valence-corrected chi connectivity index (χ1v) is 3.20. The topological polar surface area (TPSA) is 37.3 Å². The summed E-state index contributed by atoms with van der Waals surface area (Å²) in [7, 11) is 0. The van der Waals surface area contributed by atoms with Gasteiger partial charge in [0.25, 0.3) is 0 Å². The minimum Gasteiger partial charge on any atom is -0.481 e. The number of aliphatic carboxylic acids is 1. The predicted molar refractivity (Wildman–Crippen MR) is 42.5 cm³/mol. The van der Waals surface area contributed by atoms with Crippen LogP contribution in [0.2, 0.25) is 0 Å². The molecule has 0 spiro atoms. The standard InChI is InChI=1S/C9H10O2/c1-7(9(10)11)8-5-3-2-4-6-8/h2-7H,1H3,(H,10,11)/t7-/m1/s1/i1D3. The Bertz CT molecular complexity index is 319. The largest absolute Gasteiger partial charge is 0.481 e. The van der Waals surface area contributed by atoms with Gasteiger partial charge in [0.15, 0.2) is 0 Å². The molecule has 1 N–H and O–H groups in total. The van der Waals surface area contributed by atoms with Gasteiger partial charge in [-0.1, -0.05) is 30.3 Å². The maximum absolute atomic E-state index is 10.8. The molecule has 1 aromatic rings. The van der Waals surface area contributed by atoms with Gasteiger partial charge in [-0.2, -0.15) is 0 Å². The van der Waals surface area contributed by atoms with E-state index in [-0.39, 0.29) is 0 Å². The van der Waals surface area contributed by atoms with E-state index >= 15 is 0 Å². The quantitative estimate of drug-likeness (QED) is 0.704. The maximum Gasteiger partial charge on any atom is 0.310 e. The summed E-state index contributed by atoms with van der Waals surface area (Å²) in [6.07, 6.45) is 0. The second-order valence-corrected chi connectivity index (χ2v) is 2.18. The summed E-state index contributed by atoms with van der Waals surface area (Å²) in [5.41, 5.74) is 0.306. The lowest BCUT2D eigenvalue weighted by atomic mass is 10.0. The van der Waals surface area contributed by atoms with E-state index in [1.165, 1.54) is 12.1 Å². The number of carboxylic acids is 1. The Morgan fingerprint density at radius 1 is 1.55 bits per heavy atom. The molecule has 0 aliphatic heterocycles. The smallest absolute Gasteiger partial charge is 0.310 e. The highest BCUT2D eigenvalue weighted by Gasteiger charge is 2.11. The monoisotopic (exact) mass is 153 g/mol. The average Bonchev–Trinajstić information content (AvgIpc) is 2.02. The lowest BCUT2D eigenvalue weighted by Crippen LogP contribution is -2.06. The molecule has 1 rings (SSSR count). The van der Waals surface area contributed by atoms with Crippen LogP contribution in [0.25, 0.3) is 0 Å². The van der Waals surface area contributed by atoms with Gasteiger partial charge in [-0.25, -0.2) is 0 Å². The normalized spacial score (nSPS) is 17.6. The SMILES string of the molecule is [2H]C([2H])([2H])[C@@H](C(=O)O)c1ccccc1. The number of benzene rings is 1. The van der Waals surface area contributed by atoms with Crippen LogP contribution in [0.15, 0.2) is 30.3 Å². The minimum atomic E-state index is -2.51. The highest BCUT2D eigenvalue weighted by Crippen LogP contribution is 2.13. The van der Waals surface area contributed by atoms with E-state index in [1.54, 1.807) is 18.2 Å². The molecule has 0 aromatic heterocycles. The average molecular weight is 153 g/mol. The van der Waals surface area contributed by atoms with Crippen LogP contribution < -0.4 is 0 Å². The predicted octanol–water partition coefficient (Wildman–Crippen LogP) is 1.87. The lowest BCUT2D eigenvalue weighted by Gasteiger charge is -2.04. The van der Waals surface area contributed by atoms with E-state index in [1.807, 2.05) is 0 Å². The summed E-state index contributed by atoms with van der Waals surface area (Å²) in [6, 6.07) is 7.96. The molecule has 2 nitrogen and oxygen atoms in total. The van der Waals surface area contributed by atoms with Gasteiger partial charge in [-0.15, -0.1) is 0 Å². The summed E-state index contributed by atoms with van der Waals surface area (Å²) in [4.78, 5) is 10.8. The Morgan fingerprint density at radius 3 is 2.64 bits per heavy atom. The van der Waals surface area contributed by atoms with Crippen molar-refractivity contribution in [2.24, 2.45) is 0 Å². The summed E-state index contributed by atoms with van der Waals surface area (Å²) in [6.45, 7) is -2.51. The zero-order valence-corrected chi connectivity index (χ0v) is 5.82. The van der Waals surface area contributed by atoms with Crippen molar-refractivity contribution in [2.45, 2.75) is 12.8 Å². The second kappa shape index (κ2) is 3.19. The Kier molecular flexibility index (Phi) is 1.32. The molecule has 0 aliphatic carbocycles. The number of carbonyl (C=O) groups is 1. The second-order valence-electron chi connectivity index (χ2n) is 2.18. The molecule has 0 radical (unpaired) electrons. The third kappa shape index (κ3) is 1.80. The third-order valence-electron chi connectivity index (χ3n) is 1.38. The van der Waals surface area contributed by atoms with Crippen LogP contribution in [0.3, 0.4) is 0 Å². The van der Waals surface area contributed by atoms with E-state index in [9.17, 15) is 4.79 Å². The Balaban J connectivity index is 3.08. The van der Waals surface area contributed by atoms with Gasteiger partial charge in [0.05, 0.1) is 5.92 Å². The first kappa shape index (κ1) is 4.54. The molecule has 2 heteroatoms. The van der Waals surface area contributed by atoms with E-state index < -0.39 is 18.7 Å². The summed E-state index contributed by atoms with van der Waals surface area (Å²) >= 11 is 0. The van der Waals surface area contributed by atoms with Gasteiger partial charge in [0.1, 0.15) is 0 Å². The summed E-state index contributed by atoms with van der Waals surface area (Å²) in [5.74, 6) is -2.76. The molecule has 11 heavy (non-hydrogen) atoms. The van der Waals surface area contributed by atoms with Gasteiger partial charge in [0, 0.05) is 4.11 Å². The first-order chi connectivity index (χ1) is 6.43. The molecule has 1 atom stereocenters. The maximum atomic E-state index is 10.8. The van der Waals surface area contributed by atoms with Crippen LogP contribution in [-0.4, -0.2) is 11.1 Å². The molecule has 0 amide bonds. The first-order valence-electron chi connectivity index (χ1n) is 4.70. The van der Waals surface area contributed by atoms with Crippen molar-refractivity contribution in [3.63, 3.8) is 0 Å². The van der Waals surface area contributed by atoms with E-state index in [0.717, 1.165) is 0 Å². The van der Waals surface area contributed by atoms with Crippen LogP contribution in [0, 0.1) is 0 Å². The zero-order chi connectivity index (χ0) is 10.8. The molecular formula is C9H10O2. The Labute approximate surface area is 69.7 Å². The van der Waals surface area contributed by atoms with Gasteiger partial charge in [0.2, 0.25) is 0 Å². The number of rotatable bonds is 2. The van der Waals surface area contributed by atoms with Gasteiger partial charge in [-0.3, -0.25) is 4.79 Å². The van der Waals surface area contributed by atoms with Crippen molar-refractivity contribution >= 4 is 5.97 Å². The molecule has 0 aliphatic rings. The highest BCUT2D eigenvalue weighted by atomic mass is 16.4. The van der Waals surface area contributed by atoms with Crippen molar-refractivity contribution < 1.29 is 14.0 Å². The zero-order valence-electron chi connectivity index (χ0n) is 8.82. The van der Waals surface area contributed by atoms with Crippen LogP contribution in [0.1, 0.15) is 22.4 Å². The fourth-order valence-corrected chi connectivity index (χ4v) is 0.788. The Morgan fingerprint density at radius 2 is 2.18 bits per heavy atom. The number of carboxylic acid groups (broad SMARTS) is 1. The van der Waals surface area contributed by atoms with Crippen LogP contribution in [0.5, 0.6) is 0 Å². The van der Waals surface area contributed by atoms with Crippen molar-refractivity contribution in [1.29, 1.82) is 0 Å². The fourth-order valence-electron chi connectivity index (χ4n) is 0.788. The van der Waals surface area contributed by atoms with Crippen molar-refractivity contribution in [1.82, 2.24) is 0 Å². The van der Waals surface area contributed by atoms with Crippen LogP contribution >= 0.6 is 0 Å². The number of hydrogen-bond donors (Lipinski definition) is 1. The van der Waals surface area contributed by atoms with Crippen LogP contribution in [0.4, 0.5) is 0 Å². The molecule has 0 saturated carbocycles. The number of hydrogen-bond acceptors (Lipinski definition) is 1. The molecule has 0 unspecified atom stereocenters. The van der Waals surface area contributed by atoms with E-state index in [4.69, 9.17) is 9.22 Å². The summed E-state index contributed by atoms with van der Waals surface area (Å²) < 4.78 is 21.3. The fraction of sp³-hybridized carbons (Fsp3) is 0.222. The van der Waals surface area contributed by atoms with E-state index in [0.29, 0.717) is 5.56 Å². The molecule has 0 fully saturated rings. The van der Waals surface area contributed by atoms with Gasteiger partial charge >= 0.3 is 5.97 Å². The minimum absolute atomic E-state index is 0.306. The molecule has 0 heterocycles. The molecular weight excluding hydrogens is 140 g/mol. The molecule has 0 bridgehead atoms. The van der Waals surface area contributed by atoms with Crippen molar-refractivity contribution in [2.75, 3.05) is 0 Å². The molecule has 1 aromatic carbocycles. The highest BCUT2D eigenvalue weighted by molar-refractivity contribution is 5.75. The van der Waals surface area contributed by atoms with Crippen molar-refractivity contribution in [3.05, 3.63) is 35.9 Å². The van der Waals surface area contributed by atoms with Crippen molar-refractivity contribution in [3.8, 4) is 0 Å². The third-order valence-corrected chi connectivity index (χ3v) is 1.38. The molecule has 58 valence electrons.